The standard InChI is InChI=1S/C21H21F4NO4S2/c1-31(2,30-32(27,28)21(23,24)25)11-3-10-20(17-5-7-18(22)8-6-17)19-9-4-15(13-26)12-16(19)14-29-20/h4-9,12H,3,10-11,14H2,1-2H3. The van der Waals surface area contributed by atoms with Crippen LogP contribution in [0.5, 0.6) is 0 Å². The Balaban J connectivity index is 1.87. The Morgan fingerprint density at radius 2 is 1.81 bits per heavy atom. The molecule has 2 aromatic carbocycles. The van der Waals surface area contributed by atoms with E-state index in [2.05, 4.69) is 9.70 Å². The second-order valence-corrected chi connectivity index (χ2v) is 13.0. The largest absolute Gasteiger partial charge is 0.523 e. The Kier molecular flexibility index (Phi) is 6.64. The minimum Gasteiger partial charge on any atom is -0.361 e. The summed E-state index contributed by atoms with van der Waals surface area (Å²) in [5, 5.41) is 9.15. The van der Waals surface area contributed by atoms with Gasteiger partial charge in [-0.25, -0.2) is 8.02 Å². The second kappa shape index (κ2) is 8.67. The van der Waals surface area contributed by atoms with E-state index in [1.807, 2.05) is 0 Å². The molecular weight excluding hydrogens is 470 g/mol. The highest BCUT2D eigenvalue weighted by atomic mass is 32.3. The van der Waals surface area contributed by atoms with Crippen molar-refractivity contribution in [3.63, 3.8) is 0 Å². The Hall–Kier alpha value is -2.13. The lowest BCUT2D eigenvalue weighted by Crippen LogP contribution is -2.29. The molecule has 32 heavy (non-hydrogen) atoms. The Morgan fingerprint density at radius 3 is 2.41 bits per heavy atom. The molecule has 174 valence electrons. The molecule has 0 spiro atoms. The Bertz CT molecular complexity index is 1140. The van der Waals surface area contributed by atoms with Crippen LogP contribution in [0.3, 0.4) is 0 Å². The fourth-order valence-electron chi connectivity index (χ4n) is 3.75. The number of ether oxygens (including phenoxy) is 1. The van der Waals surface area contributed by atoms with Crippen LogP contribution in [-0.4, -0.2) is 32.2 Å². The Labute approximate surface area is 185 Å². The molecule has 1 aliphatic rings. The zero-order valence-electron chi connectivity index (χ0n) is 17.3. The molecule has 2 aromatic rings. The van der Waals surface area contributed by atoms with E-state index in [0.29, 0.717) is 17.5 Å². The van der Waals surface area contributed by atoms with E-state index in [1.165, 1.54) is 24.6 Å². The average Bonchev–Trinajstić information content (AvgIpc) is 3.05. The number of halogens is 4. The smallest absolute Gasteiger partial charge is 0.361 e. The van der Waals surface area contributed by atoms with Crippen LogP contribution in [-0.2, 0) is 30.7 Å². The van der Waals surface area contributed by atoms with Crippen LogP contribution in [0.4, 0.5) is 17.6 Å². The predicted molar refractivity (Wildman–Crippen MR) is 113 cm³/mol. The number of hydrogen-bond acceptors (Lipinski definition) is 5. The number of rotatable bonds is 7. The lowest BCUT2D eigenvalue weighted by atomic mass is 9.82. The molecule has 0 amide bonds. The first kappa shape index (κ1) is 24.5. The normalized spacial score (nSPS) is 19.4. The van der Waals surface area contributed by atoms with E-state index in [-0.39, 0.29) is 18.8 Å². The van der Waals surface area contributed by atoms with Crippen LogP contribution in [0.2, 0.25) is 0 Å². The molecule has 1 heterocycles. The quantitative estimate of drug-likeness (QED) is 0.398. The number of nitriles is 1. The number of nitrogens with zero attached hydrogens (tertiary/aromatic N) is 1. The summed E-state index contributed by atoms with van der Waals surface area (Å²) in [7, 11) is -8.28. The van der Waals surface area contributed by atoms with Crippen molar-refractivity contribution in [3.05, 3.63) is 70.5 Å². The lowest BCUT2D eigenvalue weighted by Gasteiger charge is -2.34. The Morgan fingerprint density at radius 1 is 1.16 bits per heavy atom. The van der Waals surface area contributed by atoms with Crippen LogP contribution >= 0.6 is 10.3 Å². The molecular formula is C21H21F4NO4S2. The summed E-state index contributed by atoms with van der Waals surface area (Å²) in [4.78, 5) is 0. The van der Waals surface area contributed by atoms with Crippen molar-refractivity contribution in [1.29, 1.82) is 5.26 Å². The molecule has 0 fully saturated rings. The molecule has 0 N–H and O–H groups in total. The van der Waals surface area contributed by atoms with E-state index in [9.17, 15) is 26.0 Å². The molecule has 1 unspecified atom stereocenters. The zero-order valence-corrected chi connectivity index (χ0v) is 18.9. The molecule has 3 rings (SSSR count). The first-order chi connectivity index (χ1) is 14.8. The van der Waals surface area contributed by atoms with Crippen LogP contribution in [0.15, 0.2) is 42.5 Å². The summed E-state index contributed by atoms with van der Waals surface area (Å²) in [5.74, 6) is -0.362. The molecule has 0 radical (unpaired) electrons. The summed E-state index contributed by atoms with van der Waals surface area (Å²) >= 11 is 0. The van der Waals surface area contributed by atoms with Gasteiger partial charge in [-0.3, -0.25) is 0 Å². The SMILES string of the molecule is CS(C)(CCCC1(c2ccc(F)cc2)OCc2cc(C#N)ccc21)OS(=O)(=O)C(F)(F)F. The van der Waals surface area contributed by atoms with Crippen molar-refractivity contribution in [2.75, 3.05) is 18.3 Å². The summed E-state index contributed by atoms with van der Waals surface area (Å²) in [6.07, 6.45) is 3.28. The van der Waals surface area contributed by atoms with Crippen molar-refractivity contribution < 1.29 is 34.3 Å². The van der Waals surface area contributed by atoms with Gasteiger partial charge in [0.25, 0.3) is 0 Å². The van der Waals surface area contributed by atoms with Crippen molar-refractivity contribution in [2.24, 2.45) is 0 Å². The molecule has 11 heteroatoms. The topological polar surface area (TPSA) is 76.4 Å². The van der Waals surface area contributed by atoms with Gasteiger partial charge in [0.1, 0.15) is 11.4 Å². The highest BCUT2D eigenvalue weighted by Crippen LogP contribution is 2.50. The van der Waals surface area contributed by atoms with Gasteiger partial charge in [-0.1, -0.05) is 18.2 Å². The van der Waals surface area contributed by atoms with Gasteiger partial charge in [0, 0.05) is 0 Å². The van der Waals surface area contributed by atoms with Gasteiger partial charge >= 0.3 is 15.6 Å². The van der Waals surface area contributed by atoms with Crippen molar-refractivity contribution in [2.45, 2.75) is 30.6 Å². The highest BCUT2D eigenvalue weighted by molar-refractivity contribution is 8.32. The summed E-state index contributed by atoms with van der Waals surface area (Å²) in [5.41, 5.74) is -3.82. The van der Waals surface area contributed by atoms with Gasteiger partial charge in [-0.2, -0.15) is 26.9 Å². The maximum atomic E-state index is 13.5. The van der Waals surface area contributed by atoms with Gasteiger partial charge < -0.3 is 4.74 Å². The van der Waals surface area contributed by atoms with E-state index in [0.717, 1.165) is 11.1 Å². The van der Waals surface area contributed by atoms with Crippen LogP contribution in [0, 0.1) is 17.1 Å². The summed E-state index contributed by atoms with van der Waals surface area (Å²) < 4.78 is 85.1. The summed E-state index contributed by atoms with van der Waals surface area (Å²) in [6, 6.07) is 12.9. The monoisotopic (exact) mass is 491 g/mol. The van der Waals surface area contributed by atoms with E-state index >= 15 is 0 Å². The van der Waals surface area contributed by atoms with E-state index in [4.69, 9.17) is 10.00 Å². The fourth-order valence-corrected chi connectivity index (χ4v) is 7.11. The van der Waals surface area contributed by atoms with Gasteiger partial charge in [0.2, 0.25) is 0 Å². The molecule has 0 saturated heterocycles. The predicted octanol–water partition coefficient (Wildman–Crippen LogP) is 5.10. The molecule has 0 saturated carbocycles. The number of hydrogen-bond donors (Lipinski definition) is 0. The molecule has 0 aliphatic carbocycles. The number of fused-ring (bicyclic) bond motifs is 1. The van der Waals surface area contributed by atoms with E-state index < -0.39 is 37.4 Å². The number of benzene rings is 2. The molecule has 1 atom stereocenters. The molecule has 0 aromatic heterocycles. The average molecular weight is 492 g/mol. The minimum absolute atomic E-state index is 0.0697. The van der Waals surface area contributed by atoms with Gasteiger partial charge in [0.05, 0.1) is 18.2 Å². The van der Waals surface area contributed by atoms with Crippen LogP contribution < -0.4 is 0 Å². The third-order valence-corrected chi connectivity index (χ3v) is 9.20. The van der Waals surface area contributed by atoms with Gasteiger partial charge in [-0.15, -0.1) is 10.3 Å². The molecule has 0 bridgehead atoms. The van der Waals surface area contributed by atoms with Crippen molar-refractivity contribution in [1.82, 2.24) is 0 Å². The third kappa shape index (κ3) is 4.93. The first-order valence-electron chi connectivity index (χ1n) is 9.46. The van der Waals surface area contributed by atoms with Gasteiger partial charge in [0.15, 0.2) is 0 Å². The maximum absolute atomic E-state index is 13.5. The van der Waals surface area contributed by atoms with Crippen molar-refractivity contribution >= 4 is 20.4 Å². The van der Waals surface area contributed by atoms with Crippen molar-refractivity contribution in [3.8, 4) is 6.07 Å². The van der Waals surface area contributed by atoms with Crippen LogP contribution in [0.25, 0.3) is 0 Å². The van der Waals surface area contributed by atoms with Crippen LogP contribution in [0.1, 0.15) is 35.1 Å². The molecule has 5 nitrogen and oxygen atoms in total. The summed E-state index contributed by atoms with van der Waals surface area (Å²) in [6.45, 7) is 0.206. The first-order valence-corrected chi connectivity index (χ1v) is 13.4. The molecule has 1 aliphatic heterocycles. The minimum atomic E-state index is -5.70. The van der Waals surface area contributed by atoms with Gasteiger partial charge in [-0.05, 0) is 72.1 Å². The zero-order chi connectivity index (χ0) is 23.8. The fraction of sp³-hybridized carbons (Fsp3) is 0.381. The third-order valence-electron chi connectivity index (χ3n) is 5.18. The second-order valence-electron chi connectivity index (χ2n) is 7.82. The highest BCUT2D eigenvalue weighted by Gasteiger charge is 2.49. The number of alkyl halides is 3. The maximum Gasteiger partial charge on any atom is 0.523 e. The van der Waals surface area contributed by atoms with E-state index in [1.54, 1.807) is 30.3 Å². The lowest BCUT2D eigenvalue weighted by molar-refractivity contribution is -0.0496.